The van der Waals surface area contributed by atoms with E-state index in [1.807, 2.05) is 6.07 Å². The van der Waals surface area contributed by atoms with E-state index >= 15 is 0 Å². The number of ketones is 1. The van der Waals surface area contributed by atoms with E-state index in [1.165, 1.54) is 5.56 Å². The van der Waals surface area contributed by atoms with Crippen molar-refractivity contribution in [2.75, 3.05) is 25.5 Å². The van der Waals surface area contributed by atoms with Crippen LogP contribution in [-0.2, 0) is 16.0 Å². The molecule has 2 bridgehead atoms. The number of fused-ring (bicyclic) bond motifs is 3. The van der Waals surface area contributed by atoms with Crippen LogP contribution in [0.4, 0.5) is 5.69 Å². The monoisotopic (exact) mass is 354 g/mol. The second-order valence-electron chi connectivity index (χ2n) is 8.69. The average Bonchev–Trinajstić information content (AvgIpc) is 2.60. The van der Waals surface area contributed by atoms with Crippen molar-refractivity contribution in [2.24, 2.45) is 17.8 Å². The molecule has 0 N–H and O–H groups in total. The van der Waals surface area contributed by atoms with E-state index in [-0.39, 0.29) is 29.7 Å². The summed E-state index contributed by atoms with van der Waals surface area (Å²) in [4.78, 5) is 30.3. The largest absolute Gasteiger partial charge is 0.308 e. The summed E-state index contributed by atoms with van der Waals surface area (Å²) in [7, 11) is 4.15. The van der Waals surface area contributed by atoms with Gasteiger partial charge in [0.25, 0.3) is 0 Å². The summed E-state index contributed by atoms with van der Waals surface area (Å²) in [5.41, 5.74) is 2.38. The molecule has 4 rings (SSSR count). The van der Waals surface area contributed by atoms with E-state index < -0.39 is 0 Å². The molecular weight excluding hydrogens is 324 g/mol. The smallest absolute Gasteiger partial charge is 0.230 e. The summed E-state index contributed by atoms with van der Waals surface area (Å²) in [6, 6.07) is 8.59. The Balaban J connectivity index is 1.62. The molecule has 1 unspecified atom stereocenters. The van der Waals surface area contributed by atoms with Crippen molar-refractivity contribution in [1.29, 1.82) is 0 Å². The minimum atomic E-state index is 0.0128. The highest BCUT2D eigenvalue weighted by Crippen LogP contribution is 2.42. The Morgan fingerprint density at radius 1 is 1.12 bits per heavy atom. The lowest BCUT2D eigenvalue weighted by Crippen LogP contribution is -2.52. The van der Waals surface area contributed by atoms with E-state index in [9.17, 15) is 9.59 Å². The van der Waals surface area contributed by atoms with Gasteiger partial charge >= 0.3 is 0 Å². The summed E-state index contributed by atoms with van der Waals surface area (Å²) in [5, 5.41) is 0. The van der Waals surface area contributed by atoms with Crippen LogP contribution in [0.2, 0.25) is 0 Å². The first-order valence-electron chi connectivity index (χ1n) is 10.1. The maximum absolute atomic E-state index is 13.6. The highest BCUT2D eigenvalue weighted by molar-refractivity contribution is 5.98. The molecule has 1 amide bonds. The summed E-state index contributed by atoms with van der Waals surface area (Å²) >= 11 is 0. The minimum Gasteiger partial charge on any atom is -0.308 e. The minimum absolute atomic E-state index is 0.0128. The van der Waals surface area contributed by atoms with Crippen LogP contribution in [0.3, 0.4) is 0 Å². The second-order valence-corrected chi connectivity index (χ2v) is 8.69. The fourth-order valence-corrected chi connectivity index (χ4v) is 5.38. The number of nitrogens with zero attached hydrogens (tertiary/aromatic N) is 2. The molecule has 2 aliphatic carbocycles. The molecule has 1 aromatic rings. The number of hydrogen-bond acceptors (Lipinski definition) is 3. The highest BCUT2D eigenvalue weighted by atomic mass is 16.2. The van der Waals surface area contributed by atoms with Gasteiger partial charge in [-0.05, 0) is 64.3 Å². The third-order valence-electron chi connectivity index (χ3n) is 6.57. The molecule has 2 fully saturated rings. The van der Waals surface area contributed by atoms with Crippen molar-refractivity contribution < 1.29 is 9.59 Å². The maximum atomic E-state index is 13.6. The molecule has 140 valence electrons. The van der Waals surface area contributed by atoms with Crippen LogP contribution in [0.5, 0.6) is 0 Å². The van der Waals surface area contributed by atoms with Gasteiger partial charge < -0.3 is 9.80 Å². The molecule has 1 heterocycles. The molecule has 4 atom stereocenters. The fraction of sp³-hybridized carbons (Fsp3) is 0.636. The number of likely N-dealkylation sites (N-methyl/N-ethyl adjacent to an activating group) is 1. The van der Waals surface area contributed by atoms with Crippen molar-refractivity contribution >= 4 is 17.4 Å². The number of benzene rings is 1. The Morgan fingerprint density at radius 2 is 1.81 bits per heavy atom. The van der Waals surface area contributed by atoms with Crippen molar-refractivity contribution in [3.05, 3.63) is 29.8 Å². The van der Waals surface area contributed by atoms with Gasteiger partial charge in [-0.1, -0.05) is 24.6 Å². The number of anilines is 1. The predicted octanol–water partition coefficient (Wildman–Crippen LogP) is 3.29. The SMILES string of the molecule is CN(C)C[C@@H]1CCc2ccccc2N1C(=O)C1C[C@H]2CCC[C@@H](C1)C2=O. The number of Topliss-reactive ketones (excluding diaryl/α,β-unsaturated/α-hetero) is 1. The molecule has 1 aliphatic heterocycles. The van der Waals surface area contributed by atoms with Gasteiger partial charge in [0, 0.05) is 36.0 Å². The van der Waals surface area contributed by atoms with Gasteiger partial charge in [0.15, 0.2) is 0 Å². The number of carbonyl (C=O) groups is 2. The highest BCUT2D eigenvalue weighted by Gasteiger charge is 2.44. The Kier molecular flexibility index (Phi) is 4.87. The fourth-order valence-electron chi connectivity index (χ4n) is 5.38. The Bertz CT molecular complexity index is 683. The number of amides is 1. The van der Waals surface area contributed by atoms with Crippen LogP contribution in [0.25, 0.3) is 0 Å². The first kappa shape index (κ1) is 17.7. The molecule has 0 radical (unpaired) electrons. The second kappa shape index (κ2) is 7.15. The van der Waals surface area contributed by atoms with Crippen molar-refractivity contribution in [1.82, 2.24) is 4.90 Å². The van der Waals surface area contributed by atoms with Crippen molar-refractivity contribution in [3.63, 3.8) is 0 Å². The molecule has 0 spiro atoms. The number of hydrogen-bond donors (Lipinski definition) is 0. The van der Waals surface area contributed by atoms with Gasteiger partial charge in [-0.15, -0.1) is 0 Å². The molecule has 2 saturated carbocycles. The topological polar surface area (TPSA) is 40.6 Å². The van der Waals surface area contributed by atoms with Gasteiger partial charge in [0.05, 0.1) is 0 Å². The maximum Gasteiger partial charge on any atom is 0.230 e. The van der Waals surface area contributed by atoms with Crippen LogP contribution in [0.15, 0.2) is 24.3 Å². The average molecular weight is 354 g/mol. The number of carbonyl (C=O) groups excluding carboxylic acids is 2. The zero-order valence-corrected chi connectivity index (χ0v) is 16.0. The quantitative estimate of drug-likeness (QED) is 0.836. The molecular formula is C22H30N2O2. The van der Waals surface area contributed by atoms with Crippen molar-refractivity contribution in [3.8, 4) is 0 Å². The van der Waals surface area contributed by atoms with Gasteiger partial charge in [-0.25, -0.2) is 0 Å². The molecule has 0 saturated heterocycles. The molecule has 26 heavy (non-hydrogen) atoms. The lowest BCUT2D eigenvalue weighted by Gasteiger charge is -2.43. The first-order valence-corrected chi connectivity index (χ1v) is 10.1. The third kappa shape index (κ3) is 3.20. The van der Waals surface area contributed by atoms with E-state index in [1.54, 1.807) is 0 Å². The lowest BCUT2D eigenvalue weighted by molar-refractivity contribution is -0.137. The van der Waals surface area contributed by atoms with Gasteiger partial charge in [-0.2, -0.15) is 0 Å². The summed E-state index contributed by atoms with van der Waals surface area (Å²) < 4.78 is 0. The molecule has 3 aliphatic rings. The Hall–Kier alpha value is -1.68. The standard InChI is InChI=1S/C22H30N2O2/c1-23(2)14-19-11-10-15-6-3-4-9-20(15)24(19)22(26)18-12-16-7-5-8-17(13-18)21(16)25/h3-4,6,9,16-19H,5,7-8,10-14H2,1-2H3/t16-,17+,18?,19-/m0/s1. The summed E-state index contributed by atoms with van der Waals surface area (Å²) in [5.74, 6) is 0.962. The molecule has 4 nitrogen and oxygen atoms in total. The Morgan fingerprint density at radius 3 is 2.50 bits per heavy atom. The van der Waals surface area contributed by atoms with Crippen LogP contribution >= 0.6 is 0 Å². The summed E-state index contributed by atoms with van der Waals surface area (Å²) in [6.45, 7) is 0.887. The number of aryl methyl sites for hydroxylation is 1. The zero-order valence-electron chi connectivity index (χ0n) is 16.0. The van der Waals surface area contributed by atoms with Crippen LogP contribution in [0.1, 0.15) is 44.1 Å². The van der Waals surface area contributed by atoms with E-state index in [4.69, 9.17) is 0 Å². The van der Waals surface area contributed by atoms with E-state index in [2.05, 4.69) is 42.1 Å². The lowest BCUT2D eigenvalue weighted by atomic mass is 9.66. The van der Waals surface area contributed by atoms with Crippen LogP contribution < -0.4 is 4.90 Å². The molecule has 4 heteroatoms. The van der Waals surface area contributed by atoms with Gasteiger partial charge in [-0.3, -0.25) is 9.59 Å². The van der Waals surface area contributed by atoms with Gasteiger partial charge in [0.1, 0.15) is 5.78 Å². The van der Waals surface area contributed by atoms with E-state index in [0.29, 0.717) is 5.78 Å². The number of rotatable bonds is 3. The van der Waals surface area contributed by atoms with Gasteiger partial charge in [0.2, 0.25) is 5.91 Å². The summed E-state index contributed by atoms with van der Waals surface area (Å²) in [6.07, 6.45) is 6.70. The normalized spacial score (nSPS) is 31.0. The molecule has 1 aromatic carbocycles. The number of para-hydroxylation sites is 1. The zero-order chi connectivity index (χ0) is 18.3. The molecule has 0 aromatic heterocycles. The Labute approximate surface area is 156 Å². The predicted molar refractivity (Wildman–Crippen MR) is 103 cm³/mol. The first-order chi connectivity index (χ1) is 12.5. The van der Waals surface area contributed by atoms with Crippen LogP contribution in [0, 0.1) is 17.8 Å². The van der Waals surface area contributed by atoms with Crippen LogP contribution in [-0.4, -0.2) is 43.3 Å². The third-order valence-corrected chi connectivity index (χ3v) is 6.57. The van der Waals surface area contributed by atoms with Crippen molar-refractivity contribution in [2.45, 2.75) is 51.0 Å². The van der Waals surface area contributed by atoms with E-state index in [0.717, 1.165) is 57.2 Å².